The quantitative estimate of drug-likeness (QED) is 0.587. The molecular formula is C16H9F3N2S2. The van der Waals surface area contributed by atoms with Crippen LogP contribution >= 0.6 is 23.1 Å². The van der Waals surface area contributed by atoms with E-state index in [-0.39, 0.29) is 0 Å². The number of hydrogen-bond acceptors (Lipinski definition) is 4. The molecule has 0 aliphatic rings. The van der Waals surface area contributed by atoms with Crippen LogP contribution in [0.4, 0.5) is 13.2 Å². The second kappa shape index (κ2) is 6.22. The van der Waals surface area contributed by atoms with Crippen molar-refractivity contribution in [2.75, 3.05) is 0 Å². The largest absolute Gasteiger partial charge is 0.416 e. The number of benzene rings is 2. The van der Waals surface area contributed by atoms with Gasteiger partial charge in [-0.1, -0.05) is 23.9 Å². The zero-order valence-corrected chi connectivity index (χ0v) is 13.2. The molecule has 3 rings (SSSR count). The van der Waals surface area contributed by atoms with Crippen LogP contribution in [0, 0.1) is 11.3 Å². The number of halogens is 3. The predicted molar refractivity (Wildman–Crippen MR) is 85.3 cm³/mol. The van der Waals surface area contributed by atoms with Crippen molar-refractivity contribution in [1.82, 2.24) is 4.98 Å². The van der Waals surface area contributed by atoms with Gasteiger partial charge in [0.2, 0.25) is 0 Å². The number of aromatic nitrogens is 1. The highest BCUT2D eigenvalue weighted by Gasteiger charge is 2.30. The van der Waals surface area contributed by atoms with Crippen LogP contribution < -0.4 is 0 Å². The molecule has 0 radical (unpaired) electrons. The van der Waals surface area contributed by atoms with E-state index in [0.717, 1.165) is 22.4 Å². The summed E-state index contributed by atoms with van der Waals surface area (Å²) in [5, 5.41) is 8.88. The molecular weight excluding hydrogens is 341 g/mol. The lowest BCUT2D eigenvalue weighted by molar-refractivity contribution is -0.137. The Hall–Kier alpha value is -2.04. The molecule has 1 aromatic heterocycles. The van der Waals surface area contributed by atoms with Crippen molar-refractivity contribution in [3.63, 3.8) is 0 Å². The monoisotopic (exact) mass is 350 g/mol. The second-order valence-corrected chi connectivity index (χ2v) is 7.01. The summed E-state index contributed by atoms with van der Waals surface area (Å²) in [5.74, 6) is 0.613. The molecule has 0 unspecified atom stereocenters. The summed E-state index contributed by atoms with van der Waals surface area (Å²) < 4.78 is 39.6. The van der Waals surface area contributed by atoms with Crippen molar-refractivity contribution in [1.29, 1.82) is 5.26 Å². The molecule has 0 atom stereocenters. The molecule has 2 nitrogen and oxygen atoms in total. The molecule has 0 saturated carbocycles. The molecule has 0 fully saturated rings. The third-order valence-corrected chi connectivity index (χ3v) is 5.36. The summed E-state index contributed by atoms with van der Waals surface area (Å²) in [6.07, 6.45) is -4.36. The maximum Gasteiger partial charge on any atom is 0.416 e. The highest BCUT2D eigenvalue weighted by molar-refractivity contribution is 8.00. The van der Waals surface area contributed by atoms with E-state index in [0.29, 0.717) is 21.2 Å². The molecule has 116 valence electrons. The van der Waals surface area contributed by atoms with Gasteiger partial charge in [-0.15, -0.1) is 11.3 Å². The highest BCUT2D eigenvalue weighted by Crippen LogP contribution is 2.35. The van der Waals surface area contributed by atoms with Gasteiger partial charge in [0, 0.05) is 5.75 Å². The van der Waals surface area contributed by atoms with Crippen LogP contribution in [0.15, 0.2) is 46.8 Å². The van der Waals surface area contributed by atoms with Crippen LogP contribution in [-0.2, 0) is 11.9 Å². The Balaban J connectivity index is 1.79. The topological polar surface area (TPSA) is 36.7 Å². The fourth-order valence-electron chi connectivity index (χ4n) is 2.02. The van der Waals surface area contributed by atoms with Crippen LogP contribution in [0.2, 0.25) is 0 Å². The molecule has 0 saturated heterocycles. The number of nitrogens with zero attached hydrogens (tertiary/aromatic N) is 2. The van der Waals surface area contributed by atoms with Crippen molar-refractivity contribution in [3.8, 4) is 6.07 Å². The molecule has 7 heteroatoms. The van der Waals surface area contributed by atoms with Crippen molar-refractivity contribution >= 4 is 33.3 Å². The molecule has 2 aromatic carbocycles. The minimum Gasteiger partial charge on any atom is -0.230 e. The number of hydrogen-bond donors (Lipinski definition) is 0. The minimum atomic E-state index is -4.36. The van der Waals surface area contributed by atoms with Crippen LogP contribution in [0.25, 0.3) is 10.2 Å². The Morgan fingerprint density at radius 1 is 1.17 bits per heavy atom. The first-order valence-corrected chi connectivity index (χ1v) is 8.35. The van der Waals surface area contributed by atoms with Gasteiger partial charge >= 0.3 is 6.18 Å². The zero-order chi connectivity index (χ0) is 16.4. The number of rotatable bonds is 3. The van der Waals surface area contributed by atoms with Crippen LogP contribution in [0.1, 0.15) is 16.7 Å². The van der Waals surface area contributed by atoms with Crippen molar-refractivity contribution in [3.05, 3.63) is 59.2 Å². The Bertz CT molecular complexity index is 894. The van der Waals surface area contributed by atoms with E-state index < -0.39 is 11.7 Å². The molecule has 0 spiro atoms. The summed E-state index contributed by atoms with van der Waals surface area (Å²) in [6, 6.07) is 12.9. The maximum atomic E-state index is 12.7. The van der Waals surface area contributed by atoms with Gasteiger partial charge in [-0.2, -0.15) is 18.4 Å². The summed E-state index contributed by atoms with van der Waals surface area (Å²) >= 11 is 2.81. The van der Waals surface area contributed by atoms with Crippen molar-refractivity contribution in [2.45, 2.75) is 16.3 Å². The maximum absolute atomic E-state index is 12.7. The van der Waals surface area contributed by atoms with Gasteiger partial charge in [0.25, 0.3) is 0 Å². The van der Waals surface area contributed by atoms with E-state index in [4.69, 9.17) is 5.26 Å². The molecule has 0 aliphatic carbocycles. The molecule has 0 bridgehead atoms. The fourth-order valence-corrected chi connectivity index (χ4v) is 4.01. The smallest absolute Gasteiger partial charge is 0.230 e. The Kier molecular flexibility index (Phi) is 4.28. The average molecular weight is 350 g/mol. The van der Waals surface area contributed by atoms with Gasteiger partial charge in [0.05, 0.1) is 27.4 Å². The van der Waals surface area contributed by atoms with E-state index in [9.17, 15) is 13.2 Å². The van der Waals surface area contributed by atoms with Gasteiger partial charge < -0.3 is 0 Å². The van der Waals surface area contributed by atoms with E-state index in [1.54, 1.807) is 12.1 Å². The molecule has 0 N–H and O–H groups in total. The van der Waals surface area contributed by atoms with E-state index in [1.165, 1.54) is 29.2 Å². The number of thiazole rings is 1. The Labute approximate surface area is 138 Å². The average Bonchev–Trinajstić information content (AvgIpc) is 2.94. The first-order valence-electron chi connectivity index (χ1n) is 6.55. The SMILES string of the molecule is N#Cc1cccc(CSc2nc3cc(C(F)(F)F)ccc3s2)c1. The van der Waals surface area contributed by atoms with E-state index in [2.05, 4.69) is 11.1 Å². The van der Waals surface area contributed by atoms with Crippen LogP contribution in [-0.4, -0.2) is 4.98 Å². The van der Waals surface area contributed by atoms with Crippen molar-refractivity contribution < 1.29 is 13.2 Å². The van der Waals surface area contributed by atoms with Crippen molar-refractivity contribution in [2.24, 2.45) is 0 Å². The standard InChI is InChI=1S/C16H9F3N2S2/c17-16(18,19)12-4-5-14-13(7-12)21-15(23-14)22-9-11-3-1-2-10(6-11)8-20/h1-7H,9H2. The summed E-state index contributed by atoms with van der Waals surface area (Å²) in [6.45, 7) is 0. The van der Waals surface area contributed by atoms with E-state index >= 15 is 0 Å². The van der Waals surface area contributed by atoms with Gasteiger partial charge in [-0.3, -0.25) is 0 Å². The Morgan fingerprint density at radius 3 is 2.74 bits per heavy atom. The van der Waals surface area contributed by atoms with Crippen LogP contribution in [0.3, 0.4) is 0 Å². The molecule has 1 heterocycles. The van der Waals surface area contributed by atoms with E-state index in [1.807, 2.05) is 12.1 Å². The zero-order valence-electron chi connectivity index (χ0n) is 11.6. The molecule has 3 aromatic rings. The van der Waals surface area contributed by atoms with Crippen LogP contribution in [0.5, 0.6) is 0 Å². The second-order valence-electron chi connectivity index (χ2n) is 4.76. The first kappa shape index (κ1) is 15.8. The number of nitriles is 1. The van der Waals surface area contributed by atoms with Gasteiger partial charge in [-0.05, 0) is 35.9 Å². The number of fused-ring (bicyclic) bond motifs is 1. The normalized spacial score (nSPS) is 11.6. The third kappa shape index (κ3) is 3.66. The highest BCUT2D eigenvalue weighted by atomic mass is 32.2. The lowest BCUT2D eigenvalue weighted by Crippen LogP contribution is -2.03. The predicted octanol–water partition coefficient (Wildman–Crippen LogP) is 5.48. The summed E-state index contributed by atoms with van der Waals surface area (Å²) in [7, 11) is 0. The fraction of sp³-hybridized carbons (Fsp3) is 0.125. The molecule has 0 aliphatic heterocycles. The Morgan fingerprint density at radius 2 is 2.00 bits per heavy atom. The summed E-state index contributed by atoms with van der Waals surface area (Å²) in [4.78, 5) is 4.26. The third-order valence-electron chi connectivity index (χ3n) is 3.11. The summed E-state index contributed by atoms with van der Waals surface area (Å²) in [5.41, 5.74) is 1.23. The number of alkyl halides is 3. The lowest BCUT2D eigenvalue weighted by Gasteiger charge is -2.04. The lowest BCUT2D eigenvalue weighted by atomic mass is 10.2. The first-order chi connectivity index (χ1) is 11.0. The minimum absolute atomic E-state index is 0.359. The molecule has 23 heavy (non-hydrogen) atoms. The van der Waals surface area contributed by atoms with Gasteiger partial charge in [-0.25, -0.2) is 4.98 Å². The van der Waals surface area contributed by atoms with Gasteiger partial charge in [0.15, 0.2) is 4.34 Å². The van der Waals surface area contributed by atoms with Gasteiger partial charge in [0.1, 0.15) is 0 Å². The molecule has 0 amide bonds. The number of thioether (sulfide) groups is 1.